The Morgan fingerprint density at radius 3 is 2.53 bits per heavy atom. The predicted octanol–water partition coefficient (Wildman–Crippen LogP) is 0.847. The normalized spacial score (nSPS) is 21.8. The number of piperidine rings is 1. The van der Waals surface area contributed by atoms with E-state index in [2.05, 4.69) is 5.32 Å². The molecule has 114 valence electrons. The molecule has 9 heteroatoms. The molecule has 0 bridgehead atoms. The third-order valence-corrected chi connectivity index (χ3v) is 4.58. The smallest absolute Gasteiger partial charge is 0.313 e. The Bertz CT molecular complexity index is 367. The Kier molecular flexibility index (Phi) is 6.03. The molecular formula is C10H20F3N3O2S. The van der Waals surface area contributed by atoms with Crippen molar-refractivity contribution in [2.75, 3.05) is 26.2 Å². The first-order chi connectivity index (χ1) is 8.74. The largest absolute Gasteiger partial charge is 0.402 e. The molecule has 1 aliphatic rings. The van der Waals surface area contributed by atoms with Crippen molar-refractivity contribution in [2.24, 2.45) is 0 Å². The van der Waals surface area contributed by atoms with Gasteiger partial charge in [-0.2, -0.15) is 30.6 Å². The second kappa shape index (κ2) is 6.87. The van der Waals surface area contributed by atoms with Crippen LogP contribution < -0.4 is 10.0 Å². The van der Waals surface area contributed by atoms with Crippen molar-refractivity contribution in [3.8, 4) is 0 Å². The van der Waals surface area contributed by atoms with Gasteiger partial charge in [0, 0.05) is 19.1 Å². The van der Waals surface area contributed by atoms with Crippen LogP contribution in [0, 0.1) is 0 Å². The molecule has 1 saturated heterocycles. The number of alkyl halides is 3. The van der Waals surface area contributed by atoms with Gasteiger partial charge in [-0.25, -0.2) is 0 Å². The lowest BCUT2D eigenvalue weighted by Crippen LogP contribution is -2.50. The van der Waals surface area contributed by atoms with Crippen LogP contribution in [0.3, 0.4) is 0 Å². The molecule has 0 spiro atoms. The Morgan fingerprint density at radius 2 is 2.05 bits per heavy atom. The first-order valence-electron chi connectivity index (χ1n) is 6.29. The van der Waals surface area contributed by atoms with Gasteiger partial charge in [-0.05, 0) is 19.4 Å². The summed E-state index contributed by atoms with van der Waals surface area (Å²) in [5.74, 6) is 0. The minimum atomic E-state index is -4.55. The van der Waals surface area contributed by atoms with Gasteiger partial charge in [0.25, 0.3) is 10.2 Å². The van der Waals surface area contributed by atoms with Crippen LogP contribution in [0.5, 0.6) is 0 Å². The second-order valence-electron chi connectivity index (χ2n) is 4.54. The number of rotatable bonds is 6. The zero-order chi connectivity index (χ0) is 14.5. The topological polar surface area (TPSA) is 61.4 Å². The molecule has 0 aliphatic carbocycles. The fourth-order valence-corrected chi connectivity index (χ4v) is 3.23. The molecule has 1 unspecified atom stereocenters. The lowest BCUT2D eigenvalue weighted by atomic mass is 10.1. The summed E-state index contributed by atoms with van der Waals surface area (Å²) in [6, 6.07) is 0.0103. The van der Waals surface area contributed by atoms with Gasteiger partial charge < -0.3 is 5.32 Å². The fourth-order valence-electron chi connectivity index (χ4n) is 1.99. The maximum absolute atomic E-state index is 12.1. The van der Waals surface area contributed by atoms with Gasteiger partial charge in [-0.15, -0.1) is 0 Å². The molecule has 1 atom stereocenters. The fraction of sp³-hybridized carbons (Fsp3) is 1.00. The van der Waals surface area contributed by atoms with Gasteiger partial charge in [0.15, 0.2) is 0 Å². The molecule has 1 heterocycles. The van der Waals surface area contributed by atoms with Crippen molar-refractivity contribution in [2.45, 2.75) is 38.4 Å². The van der Waals surface area contributed by atoms with Crippen LogP contribution in [0.4, 0.5) is 13.2 Å². The molecule has 2 N–H and O–H groups in total. The van der Waals surface area contributed by atoms with Gasteiger partial charge in [0.1, 0.15) is 6.54 Å². The number of nitrogens with zero attached hydrogens (tertiary/aromatic N) is 1. The van der Waals surface area contributed by atoms with Crippen LogP contribution >= 0.6 is 0 Å². The molecule has 1 aliphatic heterocycles. The van der Waals surface area contributed by atoms with Crippen molar-refractivity contribution < 1.29 is 21.6 Å². The van der Waals surface area contributed by atoms with Crippen molar-refractivity contribution in [1.82, 2.24) is 14.3 Å². The van der Waals surface area contributed by atoms with Crippen LogP contribution in [-0.2, 0) is 10.2 Å². The lowest BCUT2D eigenvalue weighted by molar-refractivity contribution is -0.121. The van der Waals surface area contributed by atoms with Crippen LogP contribution in [-0.4, -0.2) is 51.1 Å². The van der Waals surface area contributed by atoms with Crippen LogP contribution in [0.2, 0.25) is 0 Å². The number of halogens is 3. The van der Waals surface area contributed by atoms with E-state index in [-0.39, 0.29) is 19.1 Å². The molecular weight excluding hydrogens is 283 g/mol. The van der Waals surface area contributed by atoms with E-state index in [1.54, 1.807) is 11.6 Å². The monoisotopic (exact) mass is 303 g/mol. The van der Waals surface area contributed by atoms with Gasteiger partial charge in [0.2, 0.25) is 0 Å². The van der Waals surface area contributed by atoms with E-state index in [0.29, 0.717) is 0 Å². The predicted molar refractivity (Wildman–Crippen MR) is 65.9 cm³/mol. The molecule has 0 aromatic carbocycles. The van der Waals surface area contributed by atoms with E-state index in [4.69, 9.17) is 0 Å². The first kappa shape index (κ1) is 16.7. The summed E-state index contributed by atoms with van der Waals surface area (Å²) in [6.45, 7) is 1.23. The Balaban J connectivity index is 2.56. The summed E-state index contributed by atoms with van der Waals surface area (Å²) in [5.41, 5.74) is 0. The first-order valence-corrected chi connectivity index (χ1v) is 7.73. The molecule has 0 aromatic heterocycles. The second-order valence-corrected chi connectivity index (χ2v) is 6.29. The highest BCUT2D eigenvalue weighted by Gasteiger charge is 2.32. The Labute approximate surface area is 111 Å². The van der Waals surface area contributed by atoms with Gasteiger partial charge in [-0.1, -0.05) is 13.3 Å². The van der Waals surface area contributed by atoms with Gasteiger partial charge >= 0.3 is 6.18 Å². The average molecular weight is 303 g/mol. The molecule has 19 heavy (non-hydrogen) atoms. The minimum absolute atomic E-state index is 0.0103. The highest BCUT2D eigenvalue weighted by Crippen LogP contribution is 2.14. The summed E-state index contributed by atoms with van der Waals surface area (Å²) >= 11 is 0. The van der Waals surface area contributed by atoms with E-state index < -0.39 is 22.9 Å². The summed E-state index contributed by atoms with van der Waals surface area (Å²) < 4.78 is 62.3. The van der Waals surface area contributed by atoms with E-state index in [0.717, 1.165) is 30.1 Å². The van der Waals surface area contributed by atoms with Gasteiger partial charge in [-0.3, -0.25) is 0 Å². The van der Waals surface area contributed by atoms with E-state index in [1.807, 2.05) is 0 Å². The number of hydrogen-bond acceptors (Lipinski definition) is 3. The standard InChI is InChI=1S/C10H20F3N3O2S/c1-2-16(7-9-5-3-4-6-14-9)19(17,18)15-8-10(11,12)13/h9,14-15H,2-8H2,1H3. The molecule has 0 amide bonds. The average Bonchev–Trinajstić information content (AvgIpc) is 2.34. The maximum Gasteiger partial charge on any atom is 0.402 e. The van der Waals surface area contributed by atoms with E-state index in [1.165, 1.54) is 0 Å². The molecule has 0 aromatic rings. The molecule has 0 radical (unpaired) electrons. The van der Waals surface area contributed by atoms with Crippen LogP contribution in [0.25, 0.3) is 0 Å². The van der Waals surface area contributed by atoms with Crippen LogP contribution in [0.1, 0.15) is 26.2 Å². The summed E-state index contributed by atoms with van der Waals surface area (Å²) in [5, 5.41) is 3.17. The zero-order valence-corrected chi connectivity index (χ0v) is 11.6. The van der Waals surface area contributed by atoms with Crippen molar-refractivity contribution >= 4 is 10.2 Å². The Hall–Kier alpha value is -0.380. The molecule has 5 nitrogen and oxygen atoms in total. The third-order valence-electron chi connectivity index (χ3n) is 2.98. The quantitative estimate of drug-likeness (QED) is 0.764. The lowest BCUT2D eigenvalue weighted by Gasteiger charge is -2.29. The summed E-state index contributed by atoms with van der Waals surface area (Å²) in [7, 11) is -4.08. The van der Waals surface area contributed by atoms with Crippen molar-refractivity contribution in [3.63, 3.8) is 0 Å². The molecule has 1 fully saturated rings. The third kappa shape index (κ3) is 6.07. The van der Waals surface area contributed by atoms with E-state index in [9.17, 15) is 21.6 Å². The van der Waals surface area contributed by atoms with Crippen molar-refractivity contribution in [3.05, 3.63) is 0 Å². The number of likely N-dealkylation sites (N-methyl/N-ethyl adjacent to an activating group) is 1. The SMILES string of the molecule is CCN(CC1CCCCN1)S(=O)(=O)NCC(F)(F)F. The van der Waals surface area contributed by atoms with E-state index >= 15 is 0 Å². The maximum atomic E-state index is 12.1. The zero-order valence-electron chi connectivity index (χ0n) is 10.8. The Morgan fingerprint density at radius 1 is 1.37 bits per heavy atom. The highest BCUT2D eigenvalue weighted by molar-refractivity contribution is 7.87. The molecule has 1 rings (SSSR count). The summed E-state index contributed by atoms with van der Waals surface area (Å²) in [6.07, 6.45) is -1.66. The summed E-state index contributed by atoms with van der Waals surface area (Å²) in [4.78, 5) is 0. The van der Waals surface area contributed by atoms with Gasteiger partial charge in [0.05, 0.1) is 0 Å². The highest BCUT2D eigenvalue weighted by atomic mass is 32.2. The molecule has 0 saturated carbocycles. The minimum Gasteiger partial charge on any atom is -0.313 e. The van der Waals surface area contributed by atoms with Crippen molar-refractivity contribution in [1.29, 1.82) is 0 Å². The number of nitrogens with one attached hydrogen (secondary N) is 2. The number of hydrogen-bond donors (Lipinski definition) is 2. The van der Waals surface area contributed by atoms with Crippen LogP contribution in [0.15, 0.2) is 0 Å².